The summed E-state index contributed by atoms with van der Waals surface area (Å²) >= 11 is 1.05. The molecule has 1 rings (SSSR count). The van der Waals surface area contributed by atoms with E-state index >= 15 is 0 Å². The second-order valence-corrected chi connectivity index (χ2v) is 6.63. The molecule has 0 radical (unpaired) electrons. The van der Waals surface area contributed by atoms with Gasteiger partial charge in [0, 0.05) is 26.5 Å². The lowest BCUT2D eigenvalue weighted by Crippen LogP contribution is -2.08. The van der Waals surface area contributed by atoms with E-state index in [2.05, 4.69) is 5.32 Å². The number of nitrogens with one attached hydrogen (secondary N) is 1. The molecule has 8 heteroatoms. The number of ether oxygens (including phenoxy) is 1. The first-order valence-electron chi connectivity index (χ1n) is 5.17. The average Bonchev–Trinajstić information content (AvgIpc) is 2.60. The Balaban J connectivity index is 3.01. The average molecular weight is 289 g/mol. The fourth-order valence-corrected chi connectivity index (χ4v) is 3.81. The van der Waals surface area contributed by atoms with Crippen molar-refractivity contribution in [3.05, 3.63) is 4.88 Å². The first-order chi connectivity index (χ1) is 8.41. The number of nitrogen functional groups attached to an aromatic ring is 1. The maximum absolute atomic E-state index is 11.6. The molecule has 6 nitrogen and oxygen atoms in total. The van der Waals surface area contributed by atoms with Crippen molar-refractivity contribution in [2.24, 2.45) is 0 Å². The number of thiophene rings is 1. The molecule has 0 amide bonds. The fourth-order valence-electron chi connectivity index (χ4n) is 1.41. The van der Waals surface area contributed by atoms with Gasteiger partial charge in [0.1, 0.15) is 20.8 Å². The Hall–Kier alpha value is -1.30. The first kappa shape index (κ1) is 14.8. The number of hydrogen-bond donors (Lipinski definition) is 2. The molecule has 0 atom stereocenters. The van der Waals surface area contributed by atoms with Crippen LogP contribution in [0.5, 0.6) is 0 Å². The smallest absolute Gasteiger partial charge is 0.180 e. The molecular weight excluding hydrogens is 274 g/mol. The molecule has 0 unspecified atom stereocenters. The molecule has 0 saturated carbocycles. The highest BCUT2D eigenvalue weighted by atomic mass is 32.2. The molecular formula is C10H15N3O3S2. The van der Waals surface area contributed by atoms with E-state index in [0.717, 1.165) is 24.0 Å². The van der Waals surface area contributed by atoms with Crippen LogP contribution in [0.2, 0.25) is 0 Å². The van der Waals surface area contributed by atoms with Crippen molar-refractivity contribution in [3.8, 4) is 6.07 Å². The zero-order valence-electron chi connectivity index (χ0n) is 10.2. The Morgan fingerprint density at radius 2 is 2.22 bits per heavy atom. The maximum atomic E-state index is 11.6. The summed E-state index contributed by atoms with van der Waals surface area (Å²) in [5.74, 6) is 0. The van der Waals surface area contributed by atoms with Gasteiger partial charge < -0.3 is 15.8 Å². The van der Waals surface area contributed by atoms with Crippen LogP contribution in [-0.2, 0) is 14.6 Å². The second-order valence-electron chi connectivity index (χ2n) is 3.66. The van der Waals surface area contributed by atoms with Crippen LogP contribution in [0.15, 0.2) is 4.90 Å². The van der Waals surface area contributed by atoms with Gasteiger partial charge in [-0.05, 0) is 6.42 Å². The van der Waals surface area contributed by atoms with E-state index in [1.165, 1.54) is 0 Å². The highest BCUT2D eigenvalue weighted by Gasteiger charge is 2.23. The number of anilines is 2. The van der Waals surface area contributed by atoms with Crippen molar-refractivity contribution < 1.29 is 13.2 Å². The molecule has 1 aromatic heterocycles. The number of nitriles is 1. The van der Waals surface area contributed by atoms with Crippen LogP contribution >= 0.6 is 11.3 Å². The van der Waals surface area contributed by atoms with Crippen molar-refractivity contribution in [2.75, 3.05) is 37.6 Å². The molecule has 18 heavy (non-hydrogen) atoms. The first-order valence-corrected chi connectivity index (χ1v) is 7.87. The number of rotatable bonds is 6. The highest BCUT2D eigenvalue weighted by molar-refractivity contribution is 7.91. The van der Waals surface area contributed by atoms with E-state index in [1.54, 1.807) is 7.11 Å². The molecule has 0 spiro atoms. The van der Waals surface area contributed by atoms with Gasteiger partial charge in [0.25, 0.3) is 0 Å². The third kappa shape index (κ3) is 3.35. The number of nitrogens with zero attached hydrogens (tertiary/aromatic N) is 1. The molecule has 0 fully saturated rings. The molecule has 0 bridgehead atoms. The minimum Gasteiger partial charge on any atom is -0.396 e. The van der Waals surface area contributed by atoms with Crippen molar-refractivity contribution in [2.45, 2.75) is 11.3 Å². The van der Waals surface area contributed by atoms with Crippen molar-refractivity contribution in [3.63, 3.8) is 0 Å². The van der Waals surface area contributed by atoms with Crippen LogP contribution in [0.4, 0.5) is 10.7 Å². The quantitative estimate of drug-likeness (QED) is 0.758. The summed E-state index contributed by atoms with van der Waals surface area (Å²) in [6.07, 6.45) is 1.81. The Labute approximate surface area is 110 Å². The normalized spacial score (nSPS) is 11.2. The standard InChI is InChI=1S/C10H15N3O3S2/c1-16-5-3-4-13-10-9(18(2,14)15)8(12)7(6-11)17-10/h13H,3-5,12H2,1-2H3. The number of sulfone groups is 1. The fraction of sp³-hybridized carbons (Fsp3) is 0.500. The lowest BCUT2D eigenvalue weighted by molar-refractivity contribution is 0.198. The van der Waals surface area contributed by atoms with Gasteiger partial charge in [-0.15, -0.1) is 11.3 Å². The molecule has 0 aliphatic rings. The minimum atomic E-state index is -3.46. The monoisotopic (exact) mass is 289 g/mol. The third-order valence-corrected chi connectivity index (χ3v) is 4.55. The van der Waals surface area contributed by atoms with Gasteiger partial charge in [0.2, 0.25) is 0 Å². The summed E-state index contributed by atoms with van der Waals surface area (Å²) in [5, 5.41) is 12.3. The van der Waals surface area contributed by atoms with Gasteiger partial charge in [-0.25, -0.2) is 8.42 Å². The van der Waals surface area contributed by atoms with Crippen LogP contribution in [0.25, 0.3) is 0 Å². The summed E-state index contributed by atoms with van der Waals surface area (Å²) in [6, 6.07) is 1.89. The third-order valence-electron chi connectivity index (χ3n) is 2.18. The Bertz CT molecular complexity index is 558. The van der Waals surface area contributed by atoms with Crippen molar-refractivity contribution >= 4 is 31.9 Å². The molecule has 0 saturated heterocycles. The Kier molecular flexibility index (Phi) is 4.95. The Morgan fingerprint density at radius 1 is 1.56 bits per heavy atom. The van der Waals surface area contributed by atoms with Gasteiger partial charge in [0.05, 0.1) is 5.69 Å². The molecule has 0 aromatic carbocycles. The summed E-state index contributed by atoms with van der Waals surface area (Å²) in [4.78, 5) is 0.228. The number of hydrogen-bond acceptors (Lipinski definition) is 7. The summed E-state index contributed by atoms with van der Waals surface area (Å²) in [5.41, 5.74) is 5.70. The van der Waals surface area contributed by atoms with Gasteiger partial charge in [-0.2, -0.15) is 5.26 Å². The Morgan fingerprint density at radius 3 is 2.72 bits per heavy atom. The van der Waals surface area contributed by atoms with Gasteiger partial charge in [-0.3, -0.25) is 0 Å². The van der Waals surface area contributed by atoms with Crippen LogP contribution in [0, 0.1) is 11.3 Å². The lowest BCUT2D eigenvalue weighted by atomic mass is 10.4. The van der Waals surface area contributed by atoms with Crippen LogP contribution in [0.3, 0.4) is 0 Å². The zero-order chi connectivity index (χ0) is 13.8. The lowest BCUT2D eigenvalue weighted by Gasteiger charge is -2.06. The summed E-state index contributed by atoms with van der Waals surface area (Å²) < 4.78 is 28.2. The van der Waals surface area contributed by atoms with Crippen molar-refractivity contribution in [1.29, 1.82) is 5.26 Å². The SMILES string of the molecule is COCCCNc1sc(C#N)c(N)c1S(C)(=O)=O. The summed E-state index contributed by atoms with van der Waals surface area (Å²) in [6.45, 7) is 1.13. The zero-order valence-corrected chi connectivity index (χ0v) is 11.8. The van der Waals surface area contributed by atoms with Gasteiger partial charge >= 0.3 is 0 Å². The molecule has 0 aliphatic carbocycles. The van der Waals surface area contributed by atoms with E-state index in [-0.39, 0.29) is 15.5 Å². The van der Waals surface area contributed by atoms with E-state index in [4.69, 9.17) is 15.7 Å². The van der Waals surface area contributed by atoms with Crippen molar-refractivity contribution in [1.82, 2.24) is 0 Å². The van der Waals surface area contributed by atoms with E-state index < -0.39 is 9.84 Å². The molecule has 100 valence electrons. The topological polar surface area (TPSA) is 105 Å². The second kappa shape index (κ2) is 6.04. The van der Waals surface area contributed by atoms with Gasteiger partial charge in [0.15, 0.2) is 9.84 Å². The van der Waals surface area contributed by atoms with Crippen LogP contribution < -0.4 is 11.1 Å². The number of methoxy groups -OCH3 is 1. The molecule has 3 N–H and O–H groups in total. The molecule has 1 aromatic rings. The summed E-state index contributed by atoms with van der Waals surface area (Å²) in [7, 11) is -1.86. The van der Waals surface area contributed by atoms with E-state index in [0.29, 0.717) is 18.2 Å². The minimum absolute atomic E-state index is 0.0152. The van der Waals surface area contributed by atoms with Crippen LogP contribution in [0.1, 0.15) is 11.3 Å². The number of nitrogens with two attached hydrogens (primary N) is 1. The predicted octanol–water partition coefficient (Wildman–Crippen LogP) is 1.05. The largest absolute Gasteiger partial charge is 0.396 e. The molecule has 0 aliphatic heterocycles. The van der Waals surface area contributed by atoms with Gasteiger partial charge in [-0.1, -0.05) is 0 Å². The highest BCUT2D eigenvalue weighted by Crippen LogP contribution is 2.38. The van der Waals surface area contributed by atoms with E-state index in [9.17, 15) is 8.42 Å². The van der Waals surface area contributed by atoms with Crippen LogP contribution in [-0.4, -0.2) is 34.9 Å². The molecule has 1 heterocycles. The maximum Gasteiger partial charge on any atom is 0.180 e. The van der Waals surface area contributed by atoms with E-state index in [1.807, 2.05) is 6.07 Å². The predicted molar refractivity (Wildman–Crippen MR) is 71.5 cm³/mol.